The van der Waals surface area contributed by atoms with Gasteiger partial charge in [0.05, 0.1) is 17.3 Å². The number of aromatic nitrogens is 3. The molecule has 6 nitrogen and oxygen atoms in total. The molecule has 1 atom stereocenters. The summed E-state index contributed by atoms with van der Waals surface area (Å²) in [7, 11) is 1.76. The number of benzene rings is 1. The Morgan fingerprint density at radius 1 is 1.07 bits per heavy atom. The lowest BCUT2D eigenvalue weighted by molar-refractivity contribution is 0.0739. The fraction of sp³-hybridized carbons (Fsp3) is 0.273. The van der Waals surface area contributed by atoms with Crippen LogP contribution in [0.3, 0.4) is 0 Å². The van der Waals surface area contributed by atoms with E-state index < -0.39 is 5.60 Å². The molecule has 3 aromatic rings. The van der Waals surface area contributed by atoms with Crippen LogP contribution in [0.4, 0.5) is 0 Å². The average Bonchev–Trinajstić information content (AvgIpc) is 2.72. The number of hydrogen-bond donors (Lipinski definition) is 1. The van der Waals surface area contributed by atoms with Gasteiger partial charge in [0, 0.05) is 42.3 Å². The molecule has 0 aliphatic carbocycles. The maximum Gasteiger partial charge on any atom is 0.254 e. The van der Waals surface area contributed by atoms with E-state index in [2.05, 4.69) is 15.0 Å². The summed E-state index contributed by atoms with van der Waals surface area (Å²) in [6.07, 6.45) is 6.55. The van der Waals surface area contributed by atoms with Crippen molar-refractivity contribution in [2.45, 2.75) is 32.4 Å². The highest BCUT2D eigenvalue weighted by Gasteiger charge is 2.20. The molecular weight excluding hydrogens is 352 g/mol. The van der Waals surface area contributed by atoms with Crippen LogP contribution in [-0.2, 0) is 5.60 Å². The van der Waals surface area contributed by atoms with Crippen LogP contribution in [-0.4, -0.2) is 37.9 Å². The summed E-state index contributed by atoms with van der Waals surface area (Å²) in [5, 5.41) is 10.2. The van der Waals surface area contributed by atoms with E-state index in [1.54, 1.807) is 62.6 Å². The van der Waals surface area contributed by atoms with E-state index in [1.165, 1.54) is 6.33 Å². The third-order valence-corrected chi connectivity index (χ3v) is 4.84. The van der Waals surface area contributed by atoms with Crippen molar-refractivity contribution >= 4 is 5.91 Å². The number of nitrogens with zero attached hydrogens (tertiary/aromatic N) is 4. The molecule has 0 spiro atoms. The van der Waals surface area contributed by atoms with E-state index in [9.17, 15) is 9.90 Å². The van der Waals surface area contributed by atoms with Gasteiger partial charge < -0.3 is 10.0 Å². The summed E-state index contributed by atoms with van der Waals surface area (Å²) in [6.45, 7) is 5.39. The van der Waals surface area contributed by atoms with Crippen molar-refractivity contribution in [3.05, 3.63) is 78.1 Å². The van der Waals surface area contributed by atoms with E-state index >= 15 is 0 Å². The fourth-order valence-electron chi connectivity index (χ4n) is 2.86. The lowest BCUT2D eigenvalue weighted by atomic mass is 9.96. The summed E-state index contributed by atoms with van der Waals surface area (Å²) in [5.74, 6) is -0.0824. The number of aliphatic hydroxyl groups is 1. The molecule has 6 heteroatoms. The van der Waals surface area contributed by atoms with Gasteiger partial charge in [-0.1, -0.05) is 12.1 Å². The van der Waals surface area contributed by atoms with Gasteiger partial charge in [0.2, 0.25) is 0 Å². The zero-order chi connectivity index (χ0) is 20.3. The van der Waals surface area contributed by atoms with E-state index in [-0.39, 0.29) is 11.9 Å². The average molecular weight is 376 g/mol. The van der Waals surface area contributed by atoms with Gasteiger partial charge in [-0.15, -0.1) is 0 Å². The molecule has 2 heterocycles. The quantitative estimate of drug-likeness (QED) is 0.736. The van der Waals surface area contributed by atoms with Crippen molar-refractivity contribution in [3.63, 3.8) is 0 Å². The minimum absolute atomic E-state index is 0.0824. The lowest BCUT2D eigenvalue weighted by Gasteiger charge is -2.24. The Morgan fingerprint density at radius 3 is 2.39 bits per heavy atom. The SMILES string of the molecule is C[C@@H](c1ccncn1)N(C)C(=O)c1ccc(-c2cncc(C(C)(C)O)c2)cc1. The molecule has 28 heavy (non-hydrogen) atoms. The van der Waals surface area contributed by atoms with Gasteiger partial charge >= 0.3 is 0 Å². The number of rotatable bonds is 5. The largest absolute Gasteiger partial charge is 0.386 e. The van der Waals surface area contributed by atoms with Crippen LogP contribution in [0, 0.1) is 0 Å². The first-order valence-corrected chi connectivity index (χ1v) is 9.09. The van der Waals surface area contributed by atoms with Crippen LogP contribution in [0.5, 0.6) is 0 Å². The van der Waals surface area contributed by atoms with Gasteiger partial charge in [-0.3, -0.25) is 9.78 Å². The molecule has 144 valence electrons. The molecule has 1 aromatic carbocycles. The molecule has 3 rings (SSSR count). The van der Waals surface area contributed by atoms with Crippen LogP contribution in [0.25, 0.3) is 11.1 Å². The maximum absolute atomic E-state index is 12.8. The van der Waals surface area contributed by atoms with Gasteiger partial charge in [0.25, 0.3) is 5.91 Å². The number of amides is 1. The molecule has 1 N–H and O–H groups in total. The Labute approximate surface area is 164 Å². The van der Waals surface area contributed by atoms with E-state index in [0.29, 0.717) is 5.56 Å². The molecule has 0 aliphatic heterocycles. The van der Waals surface area contributed by atoms with Crippen molar-refractivity contribution in [3.8, 4) is 11.1 Å². The third-order valence-electron chi connectivity index (χ3n) is 4.84. The molecule has 0 saturated heterocycles. The molecule has 0 fully saturated rings. The standard InChI is InChI=1S/C22H24N4O2/c1-15(20-9-10-23-14-25-20)26(4)21(27)17-7-5-16(6-8-17)18-11-19(13-24-12-18)22(2,3)28/h5-15,28H,1-4H3/t15-/m0/s1. The van der Waals surface area contributed by atoms with Gasteiger partial charge in [0.1, 0.15) is 6.33 Å². The van der Waals surface area contributed by atoms with Crippen LogP contribution in [0.15, 0.2) is 61.3 Å². The Morgan fingerprint density at radius 2 is 1.79 bits per heavy atom. The maximum atomic E-state index is 12.8. The lowest BCUT2D eigenvalue weighted by Crippen LogP contribution is -2.30. The van der Waals surface area contributed by atoms with Gasteiger partial charge in [-0.25, -0.2) is 9.97 Å². The smallest absolute Gasteiger partial charge is 0.254 e. The summed E-state index contributed by atoms with van der Waals surface area (Å²) in [5.41, 5.74) is 2.99. The van der Waals surface area contributed by atoms with Crippen molar-refractivity contribution in [2.24, 2.45) is 0 Å². The Hall–Kier alpha value is -3.12. The van der Waals surface area contributed by atoms with Crippen molar-refractivity contribution in [1.29, 1.82) is 0 Å². The van der Waals surface area contributed by atoms with Crippen LogP contribution in [0.1, 0.15) is 48.4 Å². The van der Waals surface area contributed by atoms with Crippen LogP contribution in [0.2, 0.25) is 0 Å². The summed E-state index contributed by atoms with van der Waals surface area (Å²) >= 11 is 0. The number of pyridine rings is 1. The van der Waals surface area contributed by atoms with Crippen molar-refractivity contribution in [1.82, 2.24) is 19.9 Å². The van der Waals surface area contributed by atoms with E-state index in [0.717, 1.165) is 22.4 Å². The molecule has 2 aromatic heterocycles. The molecule has 0 unspecified atom stereocenters. The second kappa shape index (κ2) is 7.86. The molecule has 0 aliphatic rings. The minimum atomic E-state index is -0.960. The predicted molar refractivity (Wildman–Crippen MR) is 107 cm³/mol. The number of carbonyl (C=O) groups excluding carboxylic acids is 1. The fourth-order valence-corrected chi connectivity index (χ4v) is 2.86. The molecule has 0 radical (unpaired) electrons. The molecule has 1 amide bonds. The van der Waals surface area contributed by atoms with Gasteiger partial charge in [0.15, 0.2) is 0 Å². The molecular formula is C22H24N4O2. The van der Waals surface area contributed by atoms with Gasteiger partial charge in [-0.05, 0) is 50.6 Å². The number of hydrogen-bond acceptors (Lipinski definition) is 5. The third kappa shape index (κ3) is 4.23. The summed E-state index contributed by atoms with van der Waals surface area (Å²) < 4.78 is 0. The first-order chi connectivity index (χ1) is 13.3. The van der Waals surface area contributed by atoms with Crippen molar-refractivity contribution in [2.75, 3.05) is 7.05 Å². The Kier molecular flexibility index (Phi) is 5.51. The highest BCUT2D eigenvalue weighted by molar-refractivity contribution is 5.94. The first-order valence-electron chi connectivity index (χ1n) is 9.09. The van der Waals surface area contributed by atoms with Crippen molar-refractivity contribution < 1.29 is 9.90 Å². The van der Waals surface area contributed by atoms with E-state index in [4.69, 9.17) is 0 Å². The zero-order valence-electron chi connectivity index (χ0n) is 16.5. The molecule has 0 bridgehead atoms. The normalized spacial score (nSPS) is 12.5. The van der Waals surface area contributed by atoms with Gasteiger partial charge in [-0.2, -0.15) is 0 Å². The second-order valence-corrected chi connectivity index (χ2v) is 7.32. The topological polar surface area (TPSA) is 79.2 Å². The van der Waals surface area contributed by atoms with Crippen LogP contribution >= 0.6 is 0 Å². The first kappa shape index (κ1) is 19.6. The second-order valence-electron chi connectivity index (χ2n) is 7.32. The monoisotopic (exact) mass is 376 g/mol. The summed E-state index contributed by atoms with van der Waals surface area (Å²) in [4.78, 5) is 26.9. The predicted octanol–water partition coefficient (Wildman–Crippen LogP) is 3.60. The minimum Gasteiger partial charge on any atom is -0.386 e. The highest BCUT2D eigenvalue weighted by Crippen LogP contribution is 2.26. The summed E-state index contributed by atoms with van der Waals surface area (Å²) in [6, 6.07) is 10.9. The van der Waals surface area contributed by atoms with E-state index in [1.807, 2.05) is 25.1 Å². The Balaban J connectivity index is 1.80. The highest BCUT2D eigenvalue weighted by atomic mass is 16.3. The molecule has 0 saturated carbocycles. The Bertz CT molecular complexity index is 950. The zero-order valence-corrected chi connectivity index (χ0v) is 16.5. The van der Waals surface area contributed by atoms with Crippen LogP contribution < -0.4 is 0 Å². The number of carbonyl (C=O) groups is 1.